The van der Waals surface area contributed by atoms with Crippen LogP contribution in [0.2, 0.25) is 0 Å². The molecule has 1 saturated heterocycles. The van der Waals surface area contributed by atoms with Crippen molar-refractivity contribution >= 4 is 28.9 Å². The standard InChI is InChI=1S/C25H29N5O4/c1-25(2,32)23(31)28-17-4-3-5-18(15-17)29-24-27-11-8-21(30-24)16-6-7-22(20(26)14-16)34-19-9-12-33-13-10-19/h3-8,11,14-15,19,32H,9-10,12-13,26H2,1-2H3,(H,28,31)(H,27,29,30). The summed E-state index contributed by atoms with van der Waals surface area (Å²) in [7, 11) is 0. The van der Waals surface area contributed by atoms with Gasteiger partial charge in [-0.15, -0.1) is 0 Å². The highest BCUT2D eigenvalue weighted by molar-refractivity contribution is 5.96. The normalized spacial score (nSPS) is 14.4. The van der Waals surface area contributed by atoms with E-state index in [1.165, 1.54) is 13.8 Å². The maximum atomic E-state index is 12.0. The number of ether oxygens (including phenoxy) is 2. The van der Waals surface area contributed by atoms with Crippen LogP contribution in [0.15, 0.2) is 54.7 Å². The maximum Gasteiger partial charge on any atom is 0.255 e. The van der Waals surface area contributed by atoms with E-state index in [9.17, 15) is 9.90 Å². The summed E-state index contributed by atoms with van der Waals surface area (Å²) in [6.45, 7) is 4.27. The van der Waals surface area contributed by atoms with Gasteiger partial charge in [0.25, 0.3) is 5.91 Å². The minimum absolute atomic E-state index is 0.112. The summed E-state index contributed by atoms with van der Waals surface area (Å²) in [6, 6.07) is 14.5. The first kappa shape index (κ1) is 23.5. The van der Waals surface area contributed by atoms with Gasteiger partial charge in [0.15, 0.2) is 0 Å². The Balaban J connectivity index is 1.46. The summed E-state index contributed by atoms with van der Waals surface area (Å²) in [4.78, 5) is 20.9. The molecule has 0 bridgehead atoms. The van der Waals surface area contributed by atoms with Crippen LogP contribution in [-0.2, 0) is 9.53 Å². The van der Waals surface area contributed by atoms with Crippen LogP contribution < -0.4 is 21.1 Å². The molecule has 5 N–H and O–H groups in total. The number of nitrogens with one attached hydrogen (secondary N) is 2. The lowest BCUT2D eigenvalue weighted by molar-refractivity contribution is -0.130. The molecule has 4 rings (SSSR count). The molecule has 1 aliphatic rings. The van der Waals surface area contributed by atoms with Crippen molar-refractivity contribution in [3.05, 3.63) is 54.7 Å². The second-order valence-corrected chi connectivity index (χ2v) is 8.67. The lowest BCUT2D eigenvalue weighted by atomic mass is 10.1. The fourth-order valence-corrected chi connectivity index (χ4v) is 3.46. The van der Waals surface area contributed by atoms with E-state index in [1.807, 2.05) is 24.3 Å². The van der Waals surface area contributed by atoms with Gasteiger partial charge in [-0.1, -0.05) is 6.07 Å². The molecule has 1 aliphatic heterocycles. The van der Waals surface area contributed by atoms with Crippen LogP contribution in [0, 0.1) is 0 Å². The first-order chi connectivity index (χ1) is 16.3. The number of hydrogen-bond donors (Lipinski definition) is 4. The number of carbonyl (C=O) groups is 1. The molecule has 2 aromatic carbocycles. The van der Waals surface area contributed by atoms with Gasteiger partial charge in [-0.25, -0.2) is 9.97 Å². The van der Waals surface area contributed by atoms with E-state index in [-0.39, 0.29) is 6.10 Å². The molecule has 9 heteroatoms. The van der Waals surface area contributed by atoms with Crippen molar-refractivity contribution in [1.82, 2.24) is 9.97 Å². The number of benzene rings is 2. The van der Waals surface area contributed by atoms with Crippen LogP contribution in [0.4, 0.5) is 23.0 Å². The molecule has 34 heavy (non-hydrogen) atoms. The van der Waals surface area contributed by atoms with E-state index >= 15 is 0 Å². The molecule has 1 aromatic heterocycles. The summed E-state index contributed by atoms with van der Waals surface area (Å²) in [6.07, 6.45) is 3.48. The van der Waals surface area contributed by atoms with Gasteiger partial charge >= 0.3 is 0 Å². The van der Waals surface area contributed by atoms with Gasteiger partial charge in [0.1, 0.15) is 17.5 Å². The topological polar surface area (TPSA) is 132 Å². The average molecular weight is 464 g/mol. The van der Waals surface area contributed by atoms with Crippen LogP contribution in [0.1, 0.15) is 26.7 Å². The second kappa shape index (κ2) is 10.1. The van der Waals surface area contributed by atoms with Crippen molar-refractivity contribution in [2.75, 3.05) is 29.6 Å². The molecule has 0 aliphatic carbocycles. The number of aromatic nitrogens is 2. The monoisotopic (exact) mass is 463 g/mol. The van der Waals surface area contributed by atoms with Gasteiger partial charge < -0.3 is 30.9 Å². The third-order valence-corrected chi connectivity index (χ3v) is 5.36. The Morgan fingerprint density at radius 3 is 2.65 bits per heavy atom. The Bertz CT molecular complexity index is 1160. The third-order valence-electron chi connectivity index (χ3n) is 5.36. The van der Waals surface area contributed by atoms with Crippen molar-refractivity contribution < 1.29 is 19.4 Å². The van der Waals surface area contributed by atoms with Crippen LogP contribution in [0.5, 0.6) is 5.75 Å². The molecule has 178 valence electrons. The molecule has 9 nitrogen and oxygen atoms in total. The van der Waals surface area contributed by atoms with Gasteiger partial charge in [-0.3, -0.25) is 4.79 Å². The van der Waals surface area contributed by atoms with Crippen LogP contribution in [-0.4, -0.2) is 45.9 Å². The van der Waals surface area contributed by atoms with Gasteiger partial charge in [0, 0.05) is 36.0 Å². The summed E-state index contributed by atoms with van der Waals surface area (Å²) >= 11 is 0. The molecule has 0 radical (unpaired) electrons. The van der Waals surface area contributed by atoms with Crippen molar-refractivity contribution in [3.8, 4) is 17.0 Å². The third kappa shape index (κ3) is 6.00. The molecule has 0 atom stereocenters. The lowest BCUT2D eigenvalue weighted by Gasteiger charge is -2.24. The Morgan fingerprint density at radius 2 is 1.91 bits per heavy atom. The molecule has 1 fully saturated rings. The highest BCUT2D eigenvalue weighted by Gasteiger charge is 2.23. The van der Waals surface area contributed by atoms with E-state index in [2.05, 4.69) is 20.6 Å². The number of rotatable bonds is 7. The Labute approximate surface area is 198 Å². The zero-order valence-corrected chi connectivity index (χ0v) is 19.2. The first-order valence-corrected chi connectivity index (χ1v) is 11.2. The number of nitrogens with two attached hydrogens (primary N) is 1. The first-order valence-electron chi connectivity index (χ1n) is 11.2. The number of amides is 1. The van der Waals surface area contributed by atoms with E-state index < -0.39 is 11.5 Å². The van der Waals surface area contributed by atoms with Gasteiger partial charge in [0.05, 0.1) is 24.6 Å². The summed E-state index contributed by atoms with van der Waals surface area (Å²) < 4.78 is 11.4. The van der Waals surface area contributed by atoms with Crippen LogP contribution in [0.3, 0.4) is 0 Å². The molecule has 3 aromatic rings. The van der Waals surface area contributed by atoms with Gasteiger partial charge in [-0.2, -0.15) is 0 Å². The molecule has 0 spiro atoms. The number of carbonyl (C=O) groups excluding carboxylic acids is 1. The second-order valence-electron chi connectivity index (χ2n) is 8.67. The number of nitrogen functional groups attached to an aromatic ring is 1. The fourth-order valence-electron chi connectivity index (χ4n) is 3.46. The van der Waals surface area contributed by atoms with E-state index in [0.717, 1.165) is 18.4 Å². The molecule has 0 saturated carbocycles. The predicted octanol–water partition coefficient (Wildman–Crippen LogP) is 3.74. The minimum Gasteiger partial charge on any atom is -0.488 e. The molecule has 1 amide bonds. The molecule has 2 heterocycles. The number of aliphatic hydroxyl groups is 1. The number of anilines is 4. The van der Waals surface area contributed by atoms with E-state index in [4.69, 9.17) is 15.2 Å². The zero-order chi connectivity index (χ0) is 24.1. The van der Waals surface area contributed by atoms with Gasteiger partial charge in [-0.05, 0) is 56.3 Å². The number of hydrogen-bond acceptors (Lipinski definition) is 8. The van der Waals surface area contributed by atoms with Crippen molar-refractivity contribution in [3.63, 3.8) is 0 Å². The van der Waals surface area contributed by atoms with Crippen molar-refractivity contribution in [2.24, 2.45) is 0 Å². The quantitative estimate of drug-likeness (QED) is 0.390. The van der Waals surface area contributed by atoms with Gasteiger partial charge in [0.2, 0.25) is 5.95 Å². The predicted molar refractivity (Wildman–Crippen MR) is 131 cm³/mol. The highest BCUT2D eigenvalue weighted by Crippen LogP contribution is 2.30. The Kier molecular flexibility index (Phi) is 6.95. The summed E-state index contributed by atoms with van der Waals surface area (Å²) in [5, 5.41) is 15.7. The zero-order valence-electron chi connectivity index (χ0n) is 19.2. The molecule has 0 unspecified atom stereocenters. The SMILES string of the molecule is CC(C)(O)C(=O)Nc1cccc(Nc2nccc(-c3ccc(OC4CCOCC4)c(N)c3)n2)c1. The lowest BCUT2D eigenvalue weighted by Crippen LogP contribution is -2.36. The minimum atomic E-state index is -1.48. The van der Waals surface area contributed by atoms with E-state index in [1.54, 1.807) is 30.5 Å². The van der Waals surface area contributed by atoms with Crippen molar-refractivity contribution in [1.29, 1.82) is 0 Å². The average Bonchev–Trinajstić information content (AvgIpc) is 2.81. The summed E-state index contributed by atoms with van der Waals surface area (Å²) in [5.74, 6) is 0.558. The molecular formula is C25H29N5O4. The van der Waals surface area contributed by atoms with Crippen LogP contribution >= 0.6 is 0 Å². The number of nitrogens with zero attached hydrogens (tertiary/aromatic N) is 2. The molecular weight excluding hydrogens is 434 g/mol. The van der Waals surface area contributed by atoms with Crippen LogP contribution in [0.25, 0.3) is 11.3 Å². The highest BCUT2D eigenvalue weighted by atomic mass is 16.5. The Morgan fingerprint density at radius 1 is 1.15 bits per heavy atom. The van der Waals surface area contributed by atoms with Crippen molar-refractivity contribution in [2.45, 2.75) is 38.4 Å². The van der Waals surface area contributed by atoms with E-state index in [0.29, 0.717) is 47.7 Å². The largest absolute Gasteiger partial charge is 0.488 e. The Hall–Kier alpha value is -3.69. The smallest absolute Gasteiger partial charge is 0.255 e. The summed E-state index contributed by atoms with van der Waals surface area (Å²) in [5.41, 5.74) is 8.10. The fraction of sp³-hybridized carbons (Fsp3) is 0.320. The maximum absolute atomic E-state index is 12.0.